The molecule has 1 aromatic rings. The lowest BCUT2D eigenvalue weighted by molar-refractivity contribution is 0.391. The number of aromatic amines is 1. The quantitative estimate of drug-likeness (QED) is 0.799. The van der Waals surface area contributed by atoms with E-state index in [4.69, 9.17) is 0 Å². The fourth-order valence-corrected chi connectivity index (χ4v) is 4.31. The summed E-state index contributed by atoms with van der Waals surface area (Å²) in [4.78, 5) is 12.4. The number of H-pyrrole nitrogens is 1. The van der Waals surface area contributed by atoms with E-state index in [1.54, 1.807) is 0 Å². The Balaban J connectivity index is 1.88. The van der Waals surface area contributed by atoms with Crippen LogP contribution in [-0.4, -0.2) is 9.78 Å². The van der Waals surface area contributed by atoms with E-state index in [9.17, 15) is 4.79 Å². The normalized spacial score (nSPS) is 22.8. The zero-order valence-corrected chi connectivity index (χ0v) is 13.0. The lowest BCUT2D eigenvalue weighted by atomic mass is 10.1. The van der Waals surface area contributed by atoms with Crippen LogP contribution in [0.15, 0.2) is 9.27 Å². The summed E-state index contributed by atoms with van der Waals surface area (Å²) in [7, 11) is 0. The summed E-state index contributed by atoms with van der Waals surface area (Å²) >= 11 is 3.53. The smallest absolute Gasteiger partial charge is 0.281 e. The van der Waals surface area contributed by atoms with Crippen molar-refractivity contribution in [2.45, 2.75) is 76.2 Å². The lowest BCUT2D eigenvalue weighted by Crippen LogP contribution is -2.22. The molecule has 1 N–H and O–H groups in total. The first-order valence-electron chi connectivity index (χ1n) is 7.77. The van der Waals surface area contributed by atoms with E-state index >= 15 is 0 Å². The molecule has 3 rings (SSSR count). The maximum atomic E-state index is 12.4. The summed E-state index contributed by atoms with van der Waals surface area (Å²) < 4.78 is 2.71. The molecule has 1 aromatic heterocycles. The maximum absolute atomic E-state index is 12.4. The summed E-state index contributed by atoms with van der Waals surface area (Å²) in [6.07, 6.45) is 12.5. The highest BCUT2D eigenvalue weighted by molar-refractivity contribution is 9.10. The van der Waals surface area contributed by atoms with Gasteiger partial charge in [-0.25, -0.2) is 4.68 Å². The number of aromatic nitrogens is 2. The molecular formula is C15H23BrN2O. The van der Waals surface area contributed by atoms with Crippen LogP contribution in [0.4, 0.5) is 0 Å². The first-order chi connectivity index (χ1) is 9.27. The molecule has 0 spiro atoms. The molecule has 2 fully saturated rings. The Morgan fingerprint density at radius 3 is 2.16 bits per heavy atom. The lowest BCUT2D eigenvalue weighted by Gasteiger charge is -2.15. The van der Waals surface area contributed by atoms with Crippen LogP contribution >= 0.6 is 15.9 Å². The Morgan fingerprint density at radius 2 is 1.53 bits per heavy atom. The van der Waals surface area contributed by atoms with Crippen molar-refractivity contribution in [1.82, 2.24) is 9.78 Å². The highest BCUT2D eigenvalue weighted by Gasteiger charge is 2.26. The molecule has 2 saturated carbocycles. The van der Waals surface area contributed by atoms with E-state index in [0.717, 1.165) is 23.0 Å². The third kappa shape index (κ3) is 2.69. The van der Waals surface area contributed by atoms with Gasteiger partial charge < -0.3 is 0 Å². The first kappa shape index (κ1) is 13.5. The molecule has 2 aliphatic rings. The van der Waals surface area contributed by atoms with Crippen molar-refractivity contribution in [3.63, 3.8) is 0 Å². The van der Waals surface area contributed by atoms with E-state index in [1.807, 2.05) is 4.68 Å². The third-order valence-corrected chi connectivity index (χ3v) is 5.60. The number of halogens is 1. The van der Waals surface area contributed by atoms with Crippen molar-refractivity contribution in [2.75, 3.05) is 0 Å². The number of rotatable bonds is 2. The van der Waals surface area contributed by atoms with Gasteiger partial charge in [-0.3, -0.25) is 9.89 Å². The summed E-state index contributed by atoms with van der Waals surface area (Å²) in [5.74, 6) is 0.564. The van der Waals surface area contributed by atoms with Gasteiger partial charge in [-0.15, -0.1) is 0 Å². The third-order valence-electron chi connectivity index (χ3n) is 4.84. The van der Waals surface area contributed by atoms with Gasteiger partial charge in [-0.05, 0) is 41.6 Å². The fourth-order valence-electron chi connectivity index (χ4n) is 3.71. The Morgan fingerprint density at radius 1 is 0.947 bits per heavy atom. The molecule has 0 radical (unpaired) electrons. The van der Waals surface area contributed by atoms with Crippen molar-refractivity contribution in [2.24, 2.45) is 0 Å². The van der Waals surface area contributed by atoms with Crippen molar-refractivity contribution in [3.05, 3.63) is 20.5 Å². The number of hydrogen-bond donors (Lipinski definition) is 1. The topological polar surface area (TPSA) is 37.8 Å². The second-order valence-electron chi connectivity index (χ2n) is 6.14. The van der Waals surface area contributed by atoms with Gasteiger partial charge in [0.25, 0.3) is 5.56 Å². The van der Waals surface area contributed by atoms with E-state index in [-0.39, 0.29) is 5.56 Å². The number of hydrogen-bond acceptors (Lipinski definition) is 1. The minimum absolute atomic E-state index is 0.161. The molecule has 0 atom stereocenters. The molecule has 2 aliphatic carbocycles. The van der Waals surface area contributed by atoms with Crippen LogP contribution in [0.1, 0.15) is 81.9 Å². The zero-order chi connectivity index (χ0) is 13.2. The van der Waals surface area contributed by atoms with Crippen LogP contribution in [0, 0.1) is 0 Å². The zero-order valence-electron chi connectivity index (χ0n) is 11.5. The van der Waals surface area contributed by atoms with Crippen LogP contribution in [0.5, 0.6) is 0 Å². The Labute approximate surface area is 122 Å². The largest absolute Gasteiger partial charge is 0.298 e. The van der Waals surface area contributed by atoms with E-state index in [2.05, 4.69) is 21.0 Å². The Bertz CT molecular complexity index is 477. The van der Waals surface area contributed by atoms with Crippen LogP contribution in [0.25, 0.3) is 0 Å². The molecule has 0 aromatic carbocycles. The van der Waals surface area contributed by atoms with Crippen molar-refractivity contribution >= 4 is 15.9 Å². The van der Waals surface area contributed by atoms with Crippen LogP contribution < -0.4 is 5.56 Å². The van der Waals surface area contributed by atoms with Gasteiger partial charge in [0, 0.05) is 5.92 Å². The fraction of sp³-hybridized carbons (Fsp3) is 0.800. The molecule has 1 heterocycles. The van der Waals surface area contributed by atoms with Gasteiger partial charge >= 0.3 is 0 Å². The number of nitrogens with one attached hydrogen (secondary N) is 1. The molecule has 106 valence electrons. The highest BCUT2D eigenvalue weighted by atomic mass is 79.9. The molecule has 4 heteroatoms. The molecule has 0 amide bonds. The van der Waals surface area contributed by atoms with E-state index < -0.39 is 0 Å². The minimum atomic E-state index is 0.161. The average Bonchev–Trinajstić information content (AvgIpc) is 2.93. The number of nitrogens with zero attached hydrogens (tertiary/aromatic N) is 1. The average molecular weight is 327 g/mol. The maximum Gasteiger partial charge on any atom is 0.281 e. The molecule has 0 unspecified atom stereocenters. The Hall–Kier alpha value is -0.510. The van der Waals surface area contributed by atoms with Gasteiger partial charge in [0.1, 0.15) is 4.47 Å². The monoisotopic (exact) mass is 326 g/mol. The van der Waals surface area contributed by atoms with Gasteiger partial charge in [0.2, 0.25) is 0 Å². The summed E-state index contributed by atoms with van der Waals surface area (Å²) in [5, 5.41) is 3.45. The second-order valence-corrected chi connectivity index (χ2v) is 6.93. The van der Waals surface area contributed by atoms with Gasteiger partial charge in [0.05, 0.1) is 11.7 Å². The van der Waals surface area contributed by atoms with Gasteiger partial charge in [-0.2, -0.15) is 0 Å². The summed E-state index contributed by atoms with van der Waals surface area (Å²) in [6, 6.07) is 0.390. The molecule has 0 bridgehead atoms. The SMILES string of the molecule is O=c1c(Br)c(C2CCCC2)[nH]n1C1CCCCCC1. The molecular weight excluding hydrogens is 304 g/mol. The first-order valence-corrected chi connectivity index (χ1v) is 8.56. The highest BCUT2D eigenvalue weighted by Crippen LogP contribution is 2.36. The predicted molar refractivity (Wildman–Crippen MR) is 80.7 cm³/mol. The van der Waals surface area contributed by atoms with Crippen molar-refractivity contribution < 1.29 is 0 Å². The van der Waals surface area contributed by atoms with Crippen molar-refractivity contribution in [3.8, 4) is 0 Å². The molecule has 19 heavy (non-hydrogen) atoms. The minimum Gasteiger partial charge on any atom is -0.298 e. The predicted octanol–water partition coefficient (Wildman–Crippen LogP) is 4.49. The molecule has 0 saturated heterocycles. The van der Waals surface area contributed by atoms with E-state index in [1.165, 1.54) is 51.4 Å². The summed E-state index contributed by atoms with van der Waals surface area (Å²) in [5.41, 5.74) is 1.32. The van der Waals surface area contributed by atoms with Crippen LogP contribution in [-0.2, 0) is 0 Å². The van der Waals surface area contributed by atoms with Gasteiger partial charge in [0.15, 0.2) is 0 Å². The second kappa shape index (κ2) is 5.86. The summed E-state index contributed by atoms with van der Waals surface area (Å²) in [6.45, 7) is 0. The molecule has 0 aliphatic heterocycles. The van der Waals surface area contributed by atoms with Gasteiger partial charge in [-0.1, -0.05) is 38.5 Å². The Kier molecular flexibility index (Phi) is 4.15. The van der Waals surface area contributed by atoms with E-state index in [0.29, 0.717) is 12.0 Å². The standard InChI is InChI=1S/C15H23BrN2O/c16-13-14(11-7-5-6-8-11)17-18(15(13)19)12-9-3-1-2-4-10-12/h11-12,17H,1-10H2. The van der Waals surface area contributed by atoms with Crippen LogP contribution in [0.3, 0.4) is 0 Å². The van der Waals surface area contributed by atoms with Crippen molar-refractivity contribution in [1.29, 1.82) is 0 Å². The molecule has 3 nitrogen and oxygen atoms in total. The van der Waals surface area contributed by atoms with Crippen LogP contribution in [0.2, 0.25) is 0 Å².